The Morgan fingerprint density at radius 1 is 1.02 bits per heavy atom. The number of nitriles is 1. The quantitative estimate of drug-likeness (QED) is 0.134. The van der Waals surface area contributed by atoms with Gasteiger partial charge in [0.25, 0.3) is 5.91 Å². The second kappa shape index (κ2) is 16.6. The number of piperidine rings is 1. The zero-order valence-electron chi connectivity index (χ0n) is 30.7. The number of carbonyl (C=O) groups is 4. The topological polar surface area (TPSA) is 150 Å². The van der Waals surface area contributed by atoms with Gasteiger partial charge >= 0.3 is 6.18 Å². The first-order chi connectivity index (χ1) is 26.9. The van der Waals surface area contributed by atoms with Gasteiger partial charge in [-0.1, -0.05) is 11.6 Å². The van der Waals surface area contributed by atoms with Crippen LogP contribution in [0.2, 0.25) is 5.02 Å². The molecule has 3 N–H and O–H groups in total. The molecule has 1 unspecified atom stereocenters. The van der Waals surface area contributed by atoms with Crippen LogP contribution in [0.1, 0.15) is 37.8 Å². The SMILES string of the molecule is CC1(C)C(=O)N(c2ccc(C#N)c(C(F)(F)F)c2)C(=S)N1c1ccc(OCCN2CCN(CC(=O)Nc3cc(Cl)cc(NC4CCC(=O)NC4=O)c3)CC2)c(F)c1. The minimum Gasteiger partial charge on any atom is -0.489 e. The fraction of sp³-hybridized carbons (Fsp3) is 0.368. The minimum absolute atomic E-state index is 0.0430. The van der Waals surface area contributed by atoms with E-state index in [9.17, 15) is 32.3 Å². The summed E-state index contributed by atoms with van der Waals surface area (Å²) < 4.78 is 62.2. The first-order valence-electron chi connectivity index (χ1n) is 17.8. The zero-order chi connectivity index (χ0) is 41.2. The summed E-state index contributed by atoms with van der Waals surface area (Å²) in [6, 6.07) is 12.7. The number of halogens is 5. The molecule has 0 aliphatic carbocycles. The fourth-order valence-corrected chi connectivity index (χ4v) is 7.60. The molecule has 6 rings (SSSR count). The van der Waals surface area contributed by atoms with Gasteiger partial charge in [-0.3, -0.25) is 39.2 Å². The van der Waals surface area contributed by atoms with Gasteiger partial charge in [0.05, 0.1) is 29.4 Å². The van der Waals surface area contributed by atoms with Crippen molar-refractivity contribution < 1.29 is 41.5 Å². The first kappa shape index (κ1) is 41.3. The summed E-state index contributed by atoms with van der Waals surface area (Å²) in [4.78, 5) is 56.4. The molecule has 0 spiro atoms. The van der Waals surface area contributed by atoms with Gasteiger partial charge in [0.2, 0.25) is 17.7 Å². The lowest BCUT2D eigenvalue weighted by Crippen LogP contribution is -2.49. The second-order valence-electron chi connectivity index (χ2n) is 14.2. The van der Waals surface area contributed by atoms with E-state index in [1.54, 1.807) is 18.2 Å². The molecule has 3 aromatic rings. The number of rotatable bonds is 11. The van der Waals surface area contributed by atoms with Crippen molar-refractivity contribution in [1.29, 1.82) is 5.26 Å². The lowest BCUT2D eigenvalue weighted by molar-refractivity contribution is -0.138. The number of hydrogen-bond donors (Lipinski definition) is 3. The van der Waals surface area contributed by atoms with Gasteiger partial charge in [-0.25, -0.2) is 4.39 Å². The molecule has 57 heavy (non-hydrogen) atoms. The number of alkyl halides is 3. The molecule has 0 radical (unpaired) electrons. The predicted molar refractivity (Wildman–Crippen MR) is 207 cm³/mol. The molecule has 1 atom stereocenters. The van der Waals surface area contributed by atoms with E-state index >= 15 is 4.39 Å². The number of nitrogens with one attached hydrogen (secondary N) is 3. The molecule has 3 aliphatic heterocycles. The maximum Gasteiger partial charge on any atom is 0.417 e. The van der Waals surface area contributed by atoms with E-state index in [2.05, 4.69) is 20.9 Å². The van der Waals surface area contributed by atoms with Gasteiger partial charge < -0.3 is 20.3 Å². The molecule has 3 fully saturated rings. The van der Waals surface area contributed by atoms with Crippen LogP contribution in [0.15, 0.2) is 54.6 Å². The highest BCUT2D eigenvalue weighted by atomic mass is 35.5. The standard InChI is InChI=1S/C38H37ClF4N8O5S/c1-37(2)35(55)50(26-4-3-22(20-44)28(18-26)38(41,42)43)36(57)51(37)27-5-7-31(29(40)19-27)56-14-13-48-9-11-49(12-10-48)21-33(53)46-25-16-23(39)15-24(17-25)45-30-6-8-32(52)47-34(30)54/h3-5,7,15-19,30,45H,6,8-14,21H2,1-2H3,(H,46,53)(H,47,52,54). The Bertz CT molecular complexity index is 2160. The molecule has 4 amide bonds. The zero-order valence-corrected chi connectivity index (χ0v) is 32.3. The van der Waals surface area contributed by atoms with Crippen LogP contribution in [0.3, 0.4) is 0 Å². The van der Waals surface area contributed by atoms with E-state index in [4.69, 9.17) is 33.8 Å². The maximum atomic E-state index is 15.4. The molecular weight excluding hydrogens is 792 g/mol. The number of thiocarbonyl (C=S) groups is 1. The average molecular weight is 829 g/mol. The minimum atomic E-state index is -4.85. The third-order valence-electron chi connectivity index (χ3n) is 9.79. The molecule has 3 aliphatic rings. The van der Waals surface area contributed by atoms with Crippen LogP contribution in [-0.2, 0) is 25.4 Å². The molecule has 0 saturated carbocycles. The van der Waals surface area contributed by atoms with Gasteiger partial charge in [0, 0.05) is 67.3 Å². The largest absolute Gasteiger partial charge is 0.489 e. The monoisotopic (exact) mass is 828 g/mol. The van der Waals surface area contributed by atoms with E-state index in [1.165, 1.54) is 43.0 Å². The smallest absolute Gasteiger partial charge is 0.417 e. The van der Waals surface area contributed by atoms with Gasteiger partial charge in [-0.2, -0.15) is 18.4 Å². The molecule has 3 saturated heterocycles. The van der Waals surface area contributed by atoms with Crippen molar-refractivity contribution in [3.05, 3.63) is 76.6 Å². The van der Waals surface area contributed by atoms with Crippen molar-refractivity contribution in [1.82, 2.24) is 15.1 Å². The summed E-state index contributed by atoms with van der Waals surface area (Å²) in [5.41, 5.74) is -2.21. The number of hydrogen-bond acceptors (Lipinski definition) is 10. The van der Waals surface area contributed by atoms with Crippen molar-refractivity contribution >= 4 is 75.3 Å². The number of nitrogens with zero attached hydrogens (tertiary/aromatic N) is 5. The molecule has 300 valence electrons. The Balaban J connectivity index is 0.983. The summed E-state index contributed by atoms with van der Waals surface area (Å²) in [6.45, 7) is 6.24. The Morgan fingerprint density at radius 3 is 2.37 bits per heavy atom. The van der Waals surface area contributed by atoms with Crippen LogP contribution in [0.25, 0.3) is 0 Å². The van der Waals surface area contributed by atoms with Crippen molar-refractivity contribution in [2.24, 2.45) is 0 Å². The summed E-state index contributed by atoms with van der Waals surface area (Å²) in [5, 5.41) is 17.5. The van der Waals surface area contributed by atoms with E-state index in [0.29, 0.717) is 61.6 Å². The number of benzene rings is 3. The normalized spacial score (nSPS) is 19.0. The Hall–Kier alpha value is -5.35. The van der Waals surface area contributed by atoms with Crippen molar-refractivity contribution in [2.75, 3.05) is 66.3 Å². The van der Waals surface area contributed by atoms with Crippen LogP contribution in [0.5, 0.6) is 5.75 Å². The summed E-state index contributed by atoms with van der Waals surface area (Å²) in [5.74, 6) is -2.41. The second-order valence-corrected chi connectivity index (χ2v) is 15.0. The molecule has 3 heterocycles. The Labute approximate surface area is 335 Å². The molecule has 13 nitrogen and oxygen atoms in total. The molecule has 19 heteroatoms. The first-order valence-corrected chi connectivity index (χ1v) is 18.6. The van der Waals surface area contributed by atoms with E-state index < -0.39 is 46.5 Å². The number of piperazine rings is 1. The average Bonchev–Trinajstić information content (AvgIpc) is 3.31. The predicted octanol–water partition coefficient (Wildman–Crippen LogP) is 5.14. The summed E-state index contributed by atoms with van der Waals surface area (Å²) in [7, 11) is 0. The molecular formula is C38H37ClF4N8O5S. The van der Waals surface area contributed by atoms with Gasteiger partial charge in [-0.05, 0) is 81.0 Å². The highest BCUT2D eigenvalue weighted by Crippen LogP contribution is 2.40. The Morgan fingerprint density at radius 2 is 1.70 bits per heavy atom. The van der Waals surface area contributed by atoms with Gasteiger partial charge in [0.1, 0.15) is 18.2 Å². The van der Waals surface area contributed by atoms with E-state index in [-0.39, 0.29) is 53.6 Å². The maximum absolute atomic E-state index is 15.4. The number of imide groups is 1. The van der Waals surface area contributed by atoms with Gasteiger partial charge in [0.15, 0.2) is 16.7 Å². The van der Waals surface area contributed by atoms with E-state index in [0.717, 1.165) is 17.0 Å². The van der Waals surface area contributed by atoms with Crippen LogP contribution in [0.4, 0.5) is 40.3 Å². The fourth-order valence-electron chi connectivity index (χ4n) is 6.84. The number of ether oxygens (including phenoxy) is 1. The highest BCUT2D eigenvalue weighted by molar-refractivity contribution is 7.81. The van der Waals surface area contributed by atoms with Crippen LogP contribution in [0, 0.1) is 17.1 Å². The van der Waals surface area contributed by atoms with Crippen LogP contribution < -0.4 is 30.5 Å². The summed E-state index contributed by atoms with van der Waals surface area (Å²) in [6.07, 6.45) is -4.29. The van der Waals surface area contributed by atoms with Gasteiger partial charge in [-0.15, -0.1) is 0 Å². The van der Waals surface area contributed by atoms with Crippen molar-refractivity contribution in [3.8, 4) is 11.8 Å². The van der Waals surface area contributed by atoms with Crippen LogP contribution in [-0.4, -0.2) is 96.0 Å². The van der Waals surface area contributed by atoms with Crippen molar-refractivity contribution in [3.63, 3.8) is 0 Å². The number of carbonyl (C=O) groups excluding carboxylic acids is 4. The molecule has 0 bridgehead atoms. The van der Waals surface area contributed by atoms with E-state index in [1.807, 2.05) is 4.90 Å². The third kappa shape index (κ3) is 9.28. The third-order valence-corrected chi connectivity index (χ3v) is 10.4. The highest BCUT2D eigenvalue weighted by Gasteiger charge is 2.51. The lowest BCUT2D eigenvalue weighted by atomic mass is 10.0. The number of amides is 4. The summed E-state index contributed by atoms with van der Waals surface area (Å²) >= 11 is 11.8. The molecule has 0 aromatic heterocycles. The van der Waals surface area contributed by atoms with Crippen LogP contribution >= 0.6 is 23.8 Å². The lowest BCUT2D eigenvalue weighted by Gasteiger charge is -2.34. The van der Waals surface area contributed by atoms with Crippen molar-refractivity contribution in [2.45, 2.75) is 44.4 Å². The Kier molecular flexibility index (Phi) is 12.0. The molecule has 3 aromatic carbocycles. The number of anilines is 4.